The SMILES string of the molecule is Cn1c2ccccc2c2cc([C@@H](N)CO)ccc21. The standard InChI is InChI=1S/C15H16N2O/c1-17-14-5-3-2-4-11(14)12-8-10(13(16)9-18)6-7-15(12)17/h2-8,13,18H,9,16H2,1H3/t13-/m0/s1. The van der Waals surface area contributed by atoms with E-state index in [1.165, 1.54) is 21.8 Å². The van der Waals surface area contributed by atoms with E-state index in [0.29, 0.717) is 0 Å². The van der Waals surface area contributed by atoms with Gasteiger partial charge < -0.3 is 15.4 Å². The molecule has 3 nitrogen and oxygen atoms in total. The minimum absolute atomic E-state index is 0.0315. The Labute approximate surface area is 105 Å². The molecular weight excluding hydrogens is 224 g/mol. The van der Waals surface area contributed by atoms with Crippen molar-refractivity contribution in [2.45, 2.75) is 6.04 Å². The number of hydrogen-bond acceptors (Lipinski definition) is 2. The molecule has 1 atom stereocenters. The summed E-state index contributed by atoms with van der Waals surface area (Å²) in [7, 11) is 2.07. The van der Waals surface area contributed by atoms with Crippen LogP contribution in [0, 0.1) is 0 Å². The van der Waals surface area contributed by atoms with Gasteiger partial charge in [0.25, 0.3) is 0 Å². The second-order valence-electron chi connectivity index (χ2n) is 4.64. The Hall–Kier alpha value is -1.84. The topological polar surface area (TPSA) is 51.2 Å². The predicted molar refractivity (Wildman–Crippen MR) is 74.4 cm³/mol. The van der Waals surface area contributed by atoms with Gasteiger partial charge in [0.15, 0.2) is 0 Å². The molecule has 1 aromatic heterocycles. The summed E-state index contributed by atoms with van der Waals surface area (Å²) < 4.78 is 2.18. The first-order chi connectivity index (χ1) is 8.72. The molecule has 18 heavy (non-hydrogen) atoms. The van der Waals surface area contributed by atoms with Crippen LogP contribution in [-0.2, 0) is 7.05 Å². The van der Waals surface area contributed by atoms with E-state index in [1.807, 2.05) is 18.2 Å². The summed E-state index contributed by atoms with van der Waals surface area (Å²) in [6.45, 7) is -0.0315. The quantitative estimate of drug-likeness (QED) is 0.722. The van der Waals surface area contributed by atoms with Gasteiger partial charge in [-0.15, -0.1) is 0 Å². The molecule has 0 aliphatic rings. The summed E-state index contributed by atoms with van der Waals surface area (Å²) in [6.07, 6.45) is 0. The number of aromatic nitrogens is 1. The first-order valence-electron chi connectivity index (χ1n) is 6.06. The molecule has 0 amide bonds. The van der Waals surface area contributed by atoms with Gasteiger partial charge in [-0.2, -0.15) is 0 Å². The normalized spacial score (nSPS) is 13.3. The molecule has 0 saturated heterocycles. The van der Waals surface area contributed by atoms with Crippen LogP contribution in [0.25, 0.3) is 21.8 Å². The number of aryl methyl sites for hydroxylation is 1. The molecule has 3 N–H and O–H groups in total. The van der Waals surface area contributed by atoms with Gasteiger partial charge in [-0.05, 0) is 23.8 Å². The zero-order chi connectivity index (χ0) is 12.7. The van der Waals surface area contributed by atoms with Crippen molar-refractivity contribution in [2.24, 2.45) is 12.8 Å². The Kier molecular flexibility index (Phi) is 2.58. The van der Waals surface area contributed by atoms with Crippen LogP contribution in [0.2, 0.25) is 0 Å². The maximum absolute atomic E-state index is 9.15. The highest BCUT2D eigenvalue weighted by Crippen LogP contribution is 2.29. The van der Waals surface area contributed by atoms with E-state index in [2.05, 4.69) is 35.9 Å². The van der Waals surface area contributed by atoms with Gasteiger partial charge >= 0.3 is 0 Å². The third-order valence-electron chi connectivity index (χ3n) is 3.56. The molecule has 0 unspecified atom stereocenters. The van der Waals surface area contributed by atoms with Crippen LogP contribution in [-0.4, -0.2) is 16.3 Å². The molecule has 0 radical (unpaired) electrons. The summed E-state index contributed by atoms with van der Waals surface area (Å²) in [5.74, 6) is 0. The van der Waals surface area contributed by atoms with Crippen molar-refractivity contribution in [3.8, 4) is 0 Å². The molecule has 3 heteroatoms. The lowest BCUT2D eigenvalue weighted by molar-refractivity contribution is 0.268. The van der Waals surface area contributed by atoms with Crippen molar-refractivity contribution < 1.29 is 5.11 Å². The van der Waals surface area contributed by atoms with Gasteiger partial charge in [-0.25, -0.2) is 0 Å². The summed E-state index contributed by atoms with van der Waals surface area (Å²) in [5.41, 5.74) is 9.25. The van der Waals surface area contributed by atoms with Gasteiger partial charge in [0.05, 0.1) is 12.6 Å². The molecule has 1 heterocycles. The van der Waals surface area contributed by atoms with E-state index in [4.69, 9.17) is 10.8 Å². The minimum atomic E-state index is -0.312. The fourth-order valence-electron chi connectivity index (χ4n) is 2.52. The molecule has 0 saturated carbocycles. The lowest BCUT2D eigenvalue weighted by atomic mass is 10.0. The van der Waals surface area contributed by atoms with E-state index >= 15 is 0 Å². The summed E-state index contributed by atoms with van der Waals surface area (Å²) in [4.78, 5) is 0. The zero-order valence-corrected chi connectivity index (χ0v) is 10.3. The van der Waals surface area contributed by atoms with Crippen LogP contribution in [0.15, 0.2) is 42.5 Å². The van der Waals surface area contributed by atoms with Crippen LogP contribution >= 0.6 is 0 Å². The number of para-hydroxylation sites is 1. The number of rotatable bonds is 2. The number of aliphatic hydroxyl groups excluding tert-OH is 1. The van der Waals surface area contributed by atoms with E-state index in [1.54, 1.807) is 0 Å². The number of nitrogens with two attached hydrogens (primary N) is 1. The van der Waals surface area contributed by atoms with Gasteiger partial charge in [0, 0.05) is 28.9 Å². The molecule has 0 bridgehead atoms. The monoisotopic (exact) mass is 240 g/mol. The Balaban J connectivity index is 2.36. The number of benzene rings is 2. The highest BCUT2D eigenvalue weighted by Gasteiger charge is 2.10. The maximum Gasteiger partial charge on any atom is 0.0624 e. The average molecular weight is 240 g/mol. The van der Waals surface area contributed by atoms with Crippen molar-refractivity contribution in [3.05, 3.63) is 48.0 Å². The molecule has 0 aliphatic carbocycles. The van der Waals surface area contributed by atoms with Gasteiger partial charge in [0.2, 0.25) is 0 Å². The minimum Gasteiger partial charge on any atom is -0.394 e. The Morgan fingerprint density at radius 1 is 1.11 bits per heavy atom. The molecule has 92 valence electrons. The molecule has 3 rings (SSSR count). The van der Waals surface area contributed by atoms with Crippen LogP contribution in [0.1, 0.15) is 11.6 Å². The van der Waals surface area contributed by atoms with Gasteiger partial charge in [0.1, 0.15) is 0 Å². The van der Waals surface area contributed by atoms with Crippen molar-refractivity contribution in [1.82, 2.24) is 4.57 Å². The Morgan fingerprint density at radius 2 is 1.83 bits per heavy atom. The van der Waals surface area contributed by atoms with Gasteiger partial charge in [-0.1, -0.05) is 24.3 Å². The summed E-state index contributed by atoms with van der Waals surface area (Å²) >= 11 is 0. The van der Waals surface area contributed by atoms with Crippen LogP contribution in [0.3, 0.4) is 0 Å². The van der Waals surface area contributed by atoms with Crippen molar-refractivity contribution in [2.75, 3.05) is 6.61 Å². The van der Waals surface area contributed by atoms with Crippen LogP contribution < -0.4 is 5.73 Å². The van der Waals surface area contributed by atoms with E-state index in [9.17, 15) is 0 Å². The number of nitrogens with zero attached hydrogens (tertiary/aromatic N) is 1. The summed E-state index contributed by atoms with van der Waals surface area (Å²) in [6, 6.07) is 14.1. The van der Waals surface area contributed by atoms with Crippen LogP contribution in [0.5, 0.6) is 0 Å². The fourth-order valence-corrected chi connectivity index (χ4v) is 2.52. The number of fused-ring (bicyclic) bond motifs is 3. The fraction of sp³-hybridized carbons (Fsp3) is 0.200. The van der Waals surface area contributed by atoms with E-state index in [-0.39, 0.29) is 12.6 Å². The number of hydrogen-bond donors (Lipinski definition) is 2. The smallest absolute Gasteiger partial charge is 0.0624 e. The molecule has 0 aliphatic heterocycles. The van der Waals surface area contributed by atoms with Crippen LogP contribution in [0.4, 0.5) is 0 Å². The van der Waals surface area contributed by atoms with Crippen molar-refractivity contribution >= 4 is 21.8 Å². The van der Waals surface area contributed by atoms with Gasteiger partial charge in [-0.3, -0.25) is 0 Å². The lowest BCUT2D eigenvalue weighted by Crippen LogP contribution is -2.14. The van der Waals surface area contributed by atoms with E-state index < -0.39 is 0 Å². The summed E-state index contributed by atoms with van der Waals surface area (Å²) in [5, 5.41) is 11.6. The Bertz CT molecular complexity index is 715. The largest absolute Gasteiger partial charge is 0.394 e. The first kappa shape index (κ1) is 11.3. The molecule has 3 aromatic rings. The van der Waals surface area contributed by atoms with Crippen molar-refractivity contribution in [1.29, 1.82) is 0 Å². The first-order valence-corrected chi connectivity index (χ1v) is 6.06. The maximum atomic E-state index is 9.15. The Morgan fingerprint density at radius 3 is 2.61 bits per heavy atom. The second-order valence-corrected chi connectivity index (χ2v) is 4.64. The highest BCUT2D eigenvalue weighted by molar-refractivity contribution is 6.08. The average Bonchev–Trinajstić information content (AvgIpc) is 2.72. The molecule has 0 spiro atoms. The number of aliphatic hydroxyl groups is 1. The predicted octanol–water partition coefficient (Wildman–Crippen LogP) is 2.32. The molecule has 2 aromatic carbocycles. The van der Waals surface area contributed by atoms with Crippen molar-refractivity contribution in [3.63, 3.8) is 0 Å². The third-order valence-corrected chi connectivity index (χ3v) is 3.56. The second kappa shape index (κ2) is 4.12. The van der Waals surface area contributed by atoms with E-state index in [0.717, 1.165) is 5.56 Å². The highest BCUT2D eigenvalue weighted by atomic mass is 16.3. The third kappa shape index (κ3) is 1.52. The molecule has 0 fully saturated rings. The molecular formula is C15H16N2O. The lowest BCUT2D eigenvalue weighted by Gasteiger charge is -2.08. The zero-order valence-electron chi connectivity index (χ0n) is 10.3.